The van der Waals surface area contributed by atoms with Crippen LogP contribution in [-0.2, 0) is 17.8 Å². The van der Waals surface area contributed by atoms with E-state index in [9.17, 15) is 20.2 Å². The normalized spacial score (nSPS) is 13.4. The summed E-state index contributed by atoms with van der Waals surface area (Å²) in [4.78, 5) is 25.0. The molecule has 1 aliphatic heterocycles. The van der Waals surface area contributed by atoms with Gasteiger partial charge in [-0.15, -0.1) is 0 Å². The zero-order chi connectivity index (χ0) is 21.1. The fourth-order valence-electron chi connectivity index (χ4n) is 3.48. The van der Waals surface area contributed by atoms with Gasteiger partial charge in [0.1, 0.15) is 23.2 Å². The fraction of sp³-hybridized carbons (Fsp3) is 0.130. The second kappa shape index (κ2) is 8.05. The van der Waals surface area contributed by atoms with Gasteiger partial charge in [-0.2, -0.15) is 5.26 Å². The number of nitriles is 1. The van der Waals surface area contributed by atoms with Crippen LogP contribution in [0, 0.1) is 21.4 Å². The molecule has 1 aromatic heterocycles. The maximum Gasteiger partial charge on any atom is 0.270 e. The number of amides is 1. The number of nitro groups is 1. The SMILES string of the molecule is N#CC(=Cc1ccc(-c2cccc([N+](=O)[O-])c2)o1)C(=O)N1CCc2ccccc2C1. The number of benzene rings is 2. The Balaban J connectivity index is 1.55. The van der Waals surface area contributed by atoms with Crippen LogP contribution < -0.4 is 0 Å². The van der Waals surface area contributed by atoms with Crippen LogP contribution in [0.3, 0.4) is 0 Å². The number of nitro benzene ring substituents is 1. The minimum absolute atomic E-state index is 0.0191. The van der Waals surface area contributed by atoms with Crippen LogP contribution in [0.2, 0.25) is 0 Å². The zero-order valence-electron chi connectivity index (χ0n) is 15.9. The summed E-state index contributed by atoms with van der Waals surface area (Å²) in [6, 6.07) is 19.3. The van der Waals surface area contributed by atoms with E-state index in [4.69, 9.17) is 4.42 Å². The Morgan fingerprint density at radius 2 is 1.93 bits per heavy atom. The number of carbonyl (C=O) groups is 1. The van der Waals surface area contributed by atoms with E-state index in [1.165, 1.54) is 23.8 Å². The molecule has 0 saturated heterocycles. The third kappa shape index (κ3) is 3.84. The van der Waals surface area contributed by atoms with Gasteiger partial charge in [0.2, 0.25) is 0 Å². The highest BCUT2D eigenvalue weighted by molar-refractivity contribution is 6.01. The van der Waals surface area contributed by atoms with E-state index in [1.54, 1.807) is 29.2 Å². The maximum absolute atomic E-state index is 12.9. The molecule has 0 radical (unpaired) electrons. The van der Waals surface area contributed by atoms with Gasteiger partial charge in [0.05, 0.1) is 4.92 Å². The first-order valence-corrected chi connectivity index (χ1v) is 9.37. The fourth-order valence-corrected chi connectivity index (χ4v) is 3.48. The Morgan fingerprint density at radius 3 is 2.70 bits per heavy atom. The van der Waals surface area contributed by atoms with Crippen molar-refractivity contribution in [3.05, 3.63) is 93.2 Å². The minimum Gasteiger partial charge on any atom is -0.457 e. The lowest BCUT2D eigenvalue weighted by atomic mass is 9.99. The largest absolute Gasteiger partial charge is 0.457 e. The molecule has 1 amide bonds. The lowest BCUT2D eigenvalue weighted by Gasteiger charge is -2.28. The van der Waals surface area contributed by atoms with Crippen molar-refractivity contribution >= 4 is 17.7 Å². The van der Waals surface area contributed by atoms with Crippen LogP contribution >= 0.6 is 0 Å². The van der Waals surface area contributed by atoms with Gasteiger partial charge in [-0.25, -0.2) is 0 Å². The molecule has 3 aromatic rings. The van der Waals surface area contributed by atoms with Crippen molar-refractivity contribution in [3.63, 3.8) is 0 Å². The molecule has 4 rings (SSSR count). The highest BCUT2D eigenvalue weighted by Crippen LogP contribution is 2.27. The second-order valence-corrected chi connectivity index (χ2v) is 6.92. The van der Waals surface area contributed by atoms with E-state index in [0.29, 0.717) is 30.2 Å². The van der Waals surface area contributed by atoms with Crippen molar-refractivity contribution in [1.82, 2.24) is 4.90 Å². The van der Waals surface area contributed by atoms with E-state index in [0.717, 1.165) is 12.0 Å². The number of carbonyl (C=O) groups excluding carboxylic acids is 1. The van der Waals surface area contributed by atoms with Gasteiger partial charge in [-0.3, -0.25) is 14.9 Å². The van der Waals surface area contributed by atoms with Gasteiger partial charge in [0, 0.05) is 36.9 Å². The van der Waals surface area contributed by atoms with E-state index in [2.05, 4.69) is 6.07 Å². The van der Waals surface area contributed by atoms with Crippen LogP contribution in [-0.4, -0.2) is 22.3 Å². The molecule has 7 heteroatoms. The summed E-state index contributed by atoms with van der Waals surface area (Å²) in [7, 11) is 0. The standard InChI is InChI=1S/C23H17N3O4/c24-14-19(23(27)25-11-10-16-4-1-2-5-18(16)15-25)13-21-8-9-22(30-21)17-6-3-7-20(12-17)26(28)29/h1-9,12-13H,10-11,15H2. The van der Waals surface area contributed by atoms with E-state index in [-0.39, 0.29) is 17.2 Å². The second-order valence-electron chi connectivity index (χ2n) is 6.92. The summed E-state index contributed by atoms with van der Waals surface area (Å²) in [5.41, 5.74) is 2.78. The molecule has 0 spiro atoms. The Morgan fingerprint density at radius 1 is 1.13 bits per heavy atom. The molecule has 0 fully saturated rings. The molecule has 0 atom stereocenters. The third-order valence-corrected chi connectivity index (χ3v) is 5.02. The maximum atomic E-state index is 12.9. The van der Waals surface area contributed by atoms with Crippen molar-refractivity contribution in [2.24, 2.45) is 0 Å². The number of rotatable bonds is 4. The van der Waals surface area contributed by atoms with E-state index >= 15 is 0 Å². The Kier molecular flexibility index (Phi) is 5.14. The lowest BCUT2D eigenvalue weighted by Crippen LogP contribution is -2.36. The van der Waals surface area contributed by atoms with Crippen molar-refractivity contribution in [2.75, 3.05) is 6.54 Å². The third-order valence-electron chi connectivity index (χ3n) is 5.02. The molecule has 148 valence electrons. The number of non-ortho nitro benzene ring substituents is 1. The quantitative estimate of drug-likeness (QED) is 0.281. The molecule has 30 heavy (non-hydrogen) atoms. The van der Waals surface area contributed by atoms with Gasteiger partial charge >= 0.3 is 0 Å². The predicted octanol–water partition coefficient (Wildman–Crippen LogP) is 4.35. The molecular formula is C23H17N3O4. The van der Waals surface area contributed by atoms with Crippen LogP contribution in [0.5, 0.6) is 0 Å². The van der Waals surface area contributed by atoms with Crippen LogP contribution in [0.25, 0.3) is 17.4 Å². The summed E-state index contributed by atoms with van der Waals surface area (Å²) >= 11 is 0. The predicted molar refractivity (Wildman–Crippen MR) is 110 cm³/mol. The van der Waals surface area contributed by atoms with Crippen LogP contribution in [0.4, 0.5) is 5.69 Å². The van der Waals surface area contributed by atoms with Crippen molar-refractivity contribution in [3.8, 4) is 17.4 Å². The molecular weight excluding hydrogens is 382 g/mol. The first kappa shape index (κ1) is 19.2. The smallest absolute Gasteiger partial charge is 0.270 e. The lowest BCUT2D eigenvalue weighted by molar-refractivity contribution is -0.384. The molecule has 7 nitrogen and oxygen atoms in total. The number of nitrogens with zero attached hydrogens (tertiary/aromatic N) is 3. The first-order valence-electron chi connectivity index (χ1n) is 9.37. The minimum atomic E-state index is -0.476. The number of furan rings is 1. The van der Waals surface area contributed by atoms with Gasteiger partial charge in [-0.1, -0.05) is 36.4 Å². The molecule has 2 aromatic carbocycles. The number of hydrogen-bond acceptors (Lipinski definition) is 5. The molecule has 0 N–H and O–H groups in total. The summed E-state index contributed by atoms with van der Waals surface area (Å²) in [5, 5.41) is 20.5. The topological polar surface area (TPSA) is 100 Å². The van der Waals surface area contributed by atoms with Crippen molar-refractivity contribution < 1.29 is 14.1 Å². The van der Waals surface area contributed by atoms with Gasteiger partial charge < -0.3 is 9.32 Å². The highest BCUT2D eigenvalue weighted by Gasteiger charge is 2.23. The van der Waals surface area contributed by atoms with Crippen molar-refractivity contribution in [1.29, 1.82) is 5.26 Å². The number of fused-ring (bicyclic) bond motifs is 1. The van der Waals surface area contributed by atoms with Crippen LogP contribution in [0.1, 0.15) is 16.9 Å². The summed E-state index contributed by atoms with van der Waals surface area (Å²) < 4.78 is 5.71. The van der Waals surface area contributed by atoms with Gasteiger partial charge in [0.25, 0.3) is 11.6 Å². The average molecular weight is 399 g/mol. The van der Waals surface area contributed by atoms with Crippen molar-refractivity contribution in [2.45, 2.75) is 13.0 Å². The molecule has 0 saturated carbocycles. The summed E-state index contributed by atoms with van der Waals surface area (Å²) in [6.07, 6.45) is 2.15. The Hall–Kier alpha value is -4.18. The molecule has 2 heterocycles. The number of hydrogen-bond donors (Lipinski definition) is 0. The molecule has 1 aliphatic rings. The summed E-state index contributed by atoms with van der Waals surface area (Å²) in [6.45, 7) is 1.01. The highest BCUT2D eigenvalue weighted by atomic mass is 16.6. The Labute approximate surface area is 172 Å². The average Bonchev–Trinajstić information content (AvgIpc) is 3.25. The van der Waals surface area contributed by atoms with Gasteiger partial charge in [0.15, 0.2) is 0 Å². The monoisotopic (exact) mass is 399 g/mol. The van der Waals surface area contributed by atoms with E-state index < -0.39 is 4.92 Å². The molecule has 0 aliphatic carbocycles. The van der Waals surface area contributed by atoms with Crippen LogP contribution in [0.15, 0.2) is 70.7 Å². The first-order chi connectivity index (χ1) is 14.5. The summed E-state index contributed by atoms with van der Waals surface area (Å²) in [5.74, 6) is 0.403. The Bertz CT molecular complexity index is 1200. The zero-order valence-corrected chi connectivity index (χ0v) is 15.9. The van der Waals surface area contributed by atoms with Gasteiger partial charge in [-0.05, 0) is 29.7 Å². The molecule has 0 bridgehead atoms. The molecule has 0 unspecified atom stereocenters. The van der Waals surface area contributed by atoms with E-state index in [1.807, 2.05) is 24.3 Å².